The van der Waals surface area contributed by atoms with Gasteiger partial charge in [-0.3, -0.25) is 25.2 Å². The molecule has 0 spiro atoms. The highest BCUT2D eigenvalue weighted by atomic mass is 79.9. The van der Waals surface area contributed by atoms with Crippen molar-refractivity contribution in [2.24, 2.45) is 5.92 Å². The number of hydrogen-bond donors (Lipinski definition) is 2. The molecule has 3 rings (SSSR count). The third-order valence-corrected chi connectivity index (χ3v) is 5.56. The normalized spacial score (nSPS) is 14.3. The number of nitrogens with one attached hydrogen (secondary N) is 2. The van der Waals surface area contributed by atoms with Gasteiger partial charge in [-0.2, -0.15) is 0 Å². The van der Waals surface area contributed by atoms with Crippen LogP contribution >= 0.6 is 15.9 Å². The average molecular weight is 488 g/mol. The summed E-state index contributed by atoms with van der Waals surface area (Å²) in [6.07, 6.45) is 1.15. The summed E-state index contributed by atoms with van der Waals surface area (Å²) in [6.45, 7) is 4.85. The summed E-state index contributed by atoms with van der Waals surface area (Å²) in [4.78, 5) is 39.0. The van der Waals surface area contributed by atoms with E-state index in [9.17, 15) is 14.4 Å². The van der Waals surface area contributed by atoms with Crippen LogP contribution < -0.4 is 15.6 Å². The van der Waals surface area contributed by atoms with Crippen LogP contribution in [0.5, 0.6) is 5.75 Å². The molecule has 2 N–H and O–H groups in total. The van der Waals surface area contributed by atoms with Gasteiger partial charge in [0.25, 0.3) is 11.8 Å². The number of amides is 3. The van der Waals surface area contributed by atoms with Crippen molar-refractivity contribution in [2.75, 3.05) is 13.1 Å². The molecule has 0 aliphatic carbocycles. The Hall–Kier alpha value is -2.87. The van der Waals surface area contributed by atoms with Crippen molar-refractivity contribution < 1.29 is 19.1 Å². The molecule has 31 heavy (non-hydrogen) atoms. The largest absolute Gasteiger partial charge is 0.491 e. The lowest BCUT2D eigenvalue weighted by Gasteiger charge is -2.31. The third kappa shape index (κ3) is 6.30. The SMILES string of the molecule is CC(C)Oc1ccc(C(=O)NNC(=O)C2CCN(C(=O)c3ccc(Br)cc3)CC2)cc1. The minimum Gasteiger partial charge on any atom is -0.491 e. The van der Waals surface area contributed by atoms with E-state index in [-0.39, 0.29) is 23.8 Å². The number of piperidine rings is 1. The maximum absolute atomic E-state index is 12.6. The molecule has 8 heteroatoms. The van der Waals surface area contributed by atoms with E-state index in [1.54, 1.807) is 41.3 Å². The van der Waals surface area contributed by atoms with Crippen LogP contribution in [-0.2, 0) is 4.79 Å². The first kappa shape index (κ1) is 22.8. The number of halogens is 1. The van der Waals surface area contributed by atoms with Crippen LogP contribution in [0, 0.1) is 5.92 Å². The van der Waals surface area contributed by atoms with Gasteiger partial charge in [-0.25, -0.2) is 0 Å². The molecule has 1 fully saturated rings. The van der Waals surface area contributed by atoms with E-state index in [4.69, 9.17) is 4.74 Å². The zero-order valence-corrected chi connectivity index (χ0v) is 19.1. The maximum Gasteiger partial charge on any atom is 0.269 e. The summed E-state index contributed by atoms with van der Waals surface area (Å²) < 4.78 is 6.47. The second-order valence-electron chi connectivity index (χ2n) is 7.71. The Morgan fingerprint density at radius 2 is 1.52 bits per heavy atom. The number of nitrogens with zero attached hydrogens (tertiary/aromatic N) is 1. The lowest BCUT2D eigenvalue weighted by molar-refractivity contribution is -0.127. The quantitative estimate of drug-likeness (QED) is 0.631. The number of benzene rings is 2. The van der Waals surface area contributed by atoms with Gasteiger partial charge < -0.3 is 9.64 Å². The summed E-state index contributed by atoms with van der Waals surface area (Å²) in [5.41, 5.74) is 6.01. The maximum atomic E-state index is 12.6. The van der Waals surface area contributed by atoms with Crippen molar-refractivity contribution in [2.45, 2.75) is 32.8 Å². The van der Waals surface area contributed by atoms with Crippen LogP contribution in [0.25, 0.3) is 0 Å². The van der Waals surface area contributed by atoms with Crippen molar-refractivity contribution >= 4 is 33.7 Å². The molecule has 164 valence electrons. The summed E-state index contributed by atoms with van der Waals surface area (Å²) in [6, 6.07) is 14.0. The summed E-state index contributed by atoms with van der Waals surface area (Å²) in [7, 11) is 0. The van der Waals surface area contributed by atoms with E-state index in [0.717, 1.165) is 4.47 Å². The first-order valence-corrected chi connectivity index (χ1v) is 11.0. The van der Waals surface area contributed by atoms with E-state index in [2.05, 4.69) is 26.8 Å². The highest BCUT2D eigenvalue weighted by Gasteiger charge is 2.28. The van der Waals surface area contributed by atoms with Gasteiger partial charge in [0.15, 0.2) is 0 Å². The van der Waals surface area contributed by atoms with Crippen LogP contribution in [0.2, 0.25) is 0 Å². The van der Waals surface area contributed by atoms with Crippen molar-refractivity contribution in [1.29, 1.82) is 0 Å². The number of carbonyl (C=O) groups is 3. The fourth-order valence-electron chi connectivity index (χ4n) is 3.37. The molecule has 1 aliphatic heterocycles. The second-order valence-corrected chi connectivity index (χ2v) is 8.62. The molecule has 2 aromatic rings. The number of ether oxygens (including phenoxy) is 1. The second kappa shape index (κ2) is 10.4. The molecule has 1 aliphatic rings. The van der Waals surface area contributed by atoms with Gasteiger partial charge in [0, 0.05) is 34.6 Å². The predicted octanol–water partition coefficient (Wildman–Crippen LogP) is 3.55. The molecule has 7 nitrogen and oxygen atoms in total. The molecule has 2 aromatic carbocycles. The van der Waals surface area contributed by atoms with Crippen LogP contribution in [-0.4, -0.2) is 41.8 Å². The van der Waals surface area contributed by atoms with Crippen LogP contribution in [0.4, 0.5) is 0 Å². The average Bonchev–Trinajstić information content (AvgIpc) is 2.77. The zero-order chi connectivity index (χ0) is 22.4. The number of likely N-dealkylation sites (tertiary alicyclic amines) is 1. The van der Waals surface area contributed by atoms with E-state index in [1.165, 1.54) is 0 Å². The van der Waals surface area contributed by atoms with Gasteiger partial charge in [-0.05, 0) is 75.2 Å². The fraction of sp³-hybridized carbons (Fsp3) is 0.348. The Morgan fingerprint density at radius 1 is 0.935 bits per heavy atom. The lowest BCUT2D eigenvalue weighted by Crippen LogP contribution is -2.48. The van der Waals surface area contributed by atoms with Gasteiger partial charge >= 0.3 is 0 Å². The lowest BCUT2D eigenvalue weighted by atomic mass is 9.95. The van der Waals surface area contributed by atoms with Crippen molar-refractivity contribution in [3.05, 3.63) is 64.1 Å². The third-order valence-electron chi connectivity index (χ3n) is 5.03. The number of carbonyl (C=O) groups excluding carboxylic acids is 3. The first-order valence-electron chi connectivity index (χ1n) is 10.2. The monoisotopic (exact) mass is 487 g/mol. The number of hydrazine groups is 1. The van der Waals surface area contributed by atoms with Gasteiger partial charge in [0.2, 0.25) is 5.91 Å². The molecule has 0 radical (unpaired) electrons. The minimum absolute atomic E-state index is 0.0374. The van der Waals surface area contributed by atoms with E-state index < -0.39 is 5.91 Å². The standard InChI is InChI=1S/C23H26BrN3O4/c1-15(2)31-20-9-5-16(6-10-20)21(28)25-26-22(29)17-11-13-27(14-12-17)23(30)18-3-7-19(24)8-4-18/h3-10,15,17H,11-14H2,1-2H3,(H,25,28)(H,26,29). The summed E-state index contributed by atoms with van der Waals surface area (Å²) >= 11 is 3.36. The van der Waals surface area contributed by atoms with Crippen LogP contribution in [0.3, 0.4) is 0 Å². The van der Waals surface area contributed by atoms with Crippen LogP contribution in [0.1, 0.15) is 47.4 Å². The number of hydrogen-bond acceptors (Lipinski definition) is 4. The summed E-state index contributed by atoms with van der Waals surface area (Å²) in [5.74, 6) is -0.253. The van der Waals surface area contributed by atoms with E-state index in [0.29, 0.717) is 42.8 Å². The van der Waals surface area contributed by atoms with Gasteiger partial charge in [0.05, 0.1) is 6.10 Å². The molecular formula is C23H26BrN3O4. The molecule has 0 bridgehead atoms. The fourth-order valence-corrected chi connectivity index (χ4v) is 3.63. The Bertz CT molecular complexity index is 921. The Kier molecular flexibility index (Phi) is 7.68. The van der Waals surface area contributed by atoms with Crippen molar-refractivity contribution in [3.8, 4) is 5.75 Å². The molecule has 3 amide bonds. The molecule has 0 atom stereocenters. The van der Waals surface area contributed by atoms with E-state index >= 15 is 0 Å². The molecule has 0 unspecified atom stereocenters. The smallest absolute Gasteiger partial charge is 0.269 e. The van der Waals surface area contributed by atoms with Gasteiger partial charge in [0.1, 0.15) is 5.75 Å². The highest BCUT2D eigenvalue weighted by molar-refractivity contribution is 9.10. The van der Waals surface area contributed by atoms with E-state index in [1.807, 2.05) is 26.0 Å². The van der Waals surface area contributed by atoms with Crippen molar-refractivity contribution in [3.63, 3.8) is 0 Å². The Morgan fingerprint density at radius 3 is 2.10 bits per heavy atom. The predicted molar refractivity (Wildman–Crippen MR) is 121 cm³/mol. The molecule has 1 saturated heterocycles. The zero-order valence-electron chi connectivity index (χ0n) is 17.6. The van der Waals surface area contributed by atoms with Crippen LogP contribution in [0.15, 0.2) is 53.0 Å². The van der Waals surface area contributed by atoms with Gasteiger partial charge in [-0.15, -0.1) is 0 Å². The minimum atomic E-state index is -0.396. The summed E-state index contributed by atoms with van der Waals surface area (Å²) in [5, 5.41) is 0. The Labute approximate surface area is 190 Å². The topological polar surface area (TPSA) is 87.7 Å². The van der Waals surface area contributed by atoms with Crippen molar-refractivity contribution in [1.82, 2.24) is 15.8 Å². The van der Waals surface area contributed by atoms with Gasteiger partial charge in [-0.1, -0.05) is 15.9 Å². The first-order chi connectivity index (χ1) is 14.8. The molecule has 1 heterocycles. The Balaban J connectivity index is 1.45. The molecular weight excluding hydrogens is 462 g/mol. The number of rotatable bonds is 5. The molecule has 0 saturated carbocycles. The highest BCUT2D eigenvalue weighted by Crippen LogP contribution is 2.20. The molecule has 0 aromatic heterocycles.